The van der Waals surface area contributed by atoms with Crippen molar-refractivity contribution >= 4 is 11.6 Å². The van der Waals surface area contributed by atoms with E-state index in [4.69, 9.17) is 16.3 Å². The van der Waals surface area contributed by atoms with E-state index in [1.165, 1.54) is 5.56 Å². The highest BCUT2D eigenvalue weighted by Gasteiger charge is 2.24. The van der Waals surface area contributed by atoms with Crippen molar-refractivity contribution < 1.29 is 4.74 Å². The summed E-state index contributed by atoms with van der Waals surface area (Å²) in [6.45, 7) is 5.05. The Kier molecular flexibility index (Phi) is 5.48. The molecule has 0 radical (unpaired) electrons. The van der Waals surface area contributed by atoms with Gasteiger partial charge in [-0.2, -0.15) is 0 Å². The van der Waals surface area contributed by atoms with Crippen molar-refractivity contribution in [1.29, 1.82) is 0 Å². The molecule has 0 amide bonds. The molecule has 0 bridgehead atoms. The van der Waals surface area contributed by atoms with Crippen molar-refractivity contribution in [2.24, 2.45) is 5.92 Å². The predicted molar refractivity (Wildman–Crippen MR) is 76.0 cm³/mol. The van der Waals surface area contributed by atoms with Gasteiger partial charge in [-0.05, 0) is 49.4 Å². The molecule has 1 unspecified atom stereocenters. The smallest absolute Gasteiger partial charge is 0.0469 e. The summed E-state index contributed by atoms with van der Waals surface area (Å²) in [5.74, 6) is 0.673. The third kappa shape index (κ3) is 3.71. The molecule has 1 heterocycles. The number of benzene rings is 1. The van der Waals surface area contributed by atoms with Gasteiger partial charge >= 0.3 is 0 Å². The summed E-state index contributed by atoms with van der Waals surface area (Å²) in [6.07, 6.45) is 3.45. The van der Waals surface area contributed by atoms with Crippen LogP contribution in [0, 0.1) is 5.92 Å². The van der Waals surface area contributed by atoms with Crippen LogP contribution in [0.3, 0.4) is 0 Å². The molecule has 0 spiro atoms. The molecule has 0 aromatic heterocycles. The van der Waals surface area contributed by atoms with Gasteiger partial charge in [0.25, 0.3) is 0 Å². The molecule has 100 valence electrons. The molecule has 3 heteroatoms. The summed E-state index contributed by atoms with van der Waals surface area (Å²) < 4.78 is 5.46. The molecule has 1 aromatic rings. The van der Waals surface area contributed by atoms with Gasteiger partial charge in [0.05, 0.1) is 0 Å². The molecule has 0 saturated carbocycles. The van der Waals surface area contributed by atoms with Crippen LogP contribution in [0.4, 0.5) is 0 Å². The van der Waals surface area contributed by atoms with E-state index in [0.717, 1.165) is 44.0 Å². The Bertz CT molecular complexity index is 346. The van der Waals surface area contributed by atoms with E-state index >= 15 is 0 Å². The van der Waals surface area contributed by atoms with Gasteiger partial charge in [-0.1, -0.05) is 30.7 Å². The fourth-order valence-electron chi connectivity index (χ4n) is 2.58. The third-order valence-electron chi connectivity index (χ3n) is 3.58. The molecule has 1 aromatic carbocycles. The highest BCUT2D eigenvalue weighted by molar-refractivity contribution is 6.30. The van der Waals surface area contributed by atoms with E-state index in [2.05, 4.69) is 24.4 Å². The van der Waals surface area contributed by atoms with Crippen LogP contribution >= 0.6 is 11.6 Å². The zero-order valence-electron chi connectivity index (χ0n) is 11.0. The third-order valence-corrected chi connectivity index (χ3v) is 3.83. The second-order valence-corrected chi connectivity index (χ2v) is 5.37. The van der Waals surface area contributed by atoms with Crippen molar-refractivity contribution in [1.82, 2.24) is 5.32 Å². The minimum atomic E-state index is 0.436. The number of hydrogen-bond donors (Lipinski definition) is 1. The van der Waals surface area contributed by atoms with Gasteiger partial charge in [-0.25, -0.2) is 0 Å². The van der Waals surface area contributed by atoms with E-state index in [-0.39, 0.29) is 0 Å². The van der Waals surface area contributed by atoms with Gasteiger partial charge in [0.2, 0.25) is 0 Å². The first-order chi connectivity index (χ1) is 8.81. The van der Waals surface area contributed by atoms with Crippen LogP contribution in [0.2, 0.25) is 5.02 Å². The number of rotatable bonds is 5. The van der Waals surface area contributed by atoms with Gasteiger partial charge in [-0.15, -0.1) is 0 Å². The molecule has 2 nitrogen and oxygen atoms in total. The Labute approximate surface area is 115 Å². The first kappa shape index (κ1) is 13.9. The van der Waals surface area contributed by atoms with Crippen molar-refractivity contribution in [3.05, 3.63) is 34.9 Å². The zero-order valence-corrected chi connectivity index (χ0v) is 11.7. The lowest BCUT2D eigenvalue weighted by Gasteiger charge is -2.31. The number of hydrogen-bond acceptors (Lipinski definition) is 2. The second-order valence-electron chi connectivity index (χ2n) is 4.93. The molecule has 1 aliphatic heterocycles. The molecule has 2 rings (SSSR count). The van der Waals surface area contributed by atoms with Crippen LogP contribution in [0.1, 0.15) is 37.8 Å². The minimum Gasteiger partial charge on any atom is -0.381 e. The average molecular weight is 268 g/mol. The lowest BCUT2D eigenvalue weighted by Crippen LogP contribution is -2.32. The average Bonchev–Trinajstić information content (AvgIpc) is 2.42. The van der Waals surface area contributed by atoms with Crippen LogP contribution in [0.15, 0.2) is 24.3 Å². The van der Waals surface area contributed by atoms with Crippen LogP contribution in [0.25, 0.3) is 0 Å². The molecule has 1 aliphatic rings. The number of halogens is 1. The molecule has 18 heavy (non-hydrogen) atoms. The van der Waals surface area contributed by atoms with Crippen LogP contribution in [0.5, 0.6) is 0 Å². The summed E-state index contributed by atoms with van der Waals surface area (Å²) in [6, 6.07) is 8.69. The van der Waals surface area contributed by atoms with E-state index in [0.29, 0.717) is 12.0 Å². The quantitative estimate of drug-likeness (QED) is 0.876. The predicted octanol–water partition coefficient (Wildman–Crippen LogP) is 3.81. The molecule has 0 aliphatic carbocycles. The molecular formula is C15H22ClNO. The largest absolute Gasteiger partial charge is 0.381 e. The van der Waals surface area contributed by atoms with Crippen molar-refractivity contribution in [3.63, 3.8) is 0 Å². The fraction of sp³-hybridized carbons (Fsp3) is 0.600. The van der Waals surface area contributed by atoms with Gasteiger partial charge in [0, 0.05) is 24.3 Å². The van der Waals surface area contributed by atoms with Crippen LogP contribution in [-0.4, -0.2) is 19.8 Å². The second kappa shape index (κ2) is 7.13. The normalized spacial score (nSPS) is 18.8. The highest BCUT2D eigenvalue weighted by Crippen LogP contribution is 2.30. The Balaban J connectivity index is 2.10. The van der Waals surface area contributed by atoms with Crippen LogP contribution < -0.4 is 5.32 Å². The van der Waals surface area contributed by atoms with Crippen LogP contribution in [-0.2, 0) is 4.74 Å². The number of ether oxygens (including phenoxy) is 1. The SMILES string of the molecule is CCCNC(c1ccc(Cl)cc1)C1CCOCC1. The van der Waals surface area contributed by atoms with E-state index in [1.54, 1.807) is 0 Å². The zero-order chi connectivity index (χ0) is 12.8. The lowest BCUT2D eigenvalue weighted by molar-refractivity contribution is 0.0536. The first-order valence-corrected chi connectivity index (χ1v) is 7.25. The molecule has 1 fully saturated rings. The molecular weight excluding hydrogens is 246 g/mol. The Morgan fingerprint density at radius 3 is 2.56 bits per heavy atom. The standard InChI is InChI=1S/C15H22ClNO/c1-2-9-17-15(13-7-10-18-11-8-13)12-3-5-14(16)6-4-12/h3-6,13,15,17H,2,7-11H2,1H3. The molecule has 1 atom stereocenters. The summed E-state index contributed by atoms with van der Waals surface area (Å²) in [5.41, 5.74) is 1.35. The van der Waals surface area contributed by atoms with Gasteiger partial charge in [-0.3, -0.25) is 0 Å². The topological polar surface area (TPSA) is 21.3 Å². The van der Waals surface area contributed by atoms with Crippen molar-refractivity contribution in [3.8, 4) is 0 Å². The minimum absolute atomic E-state index is 0.436. The Hall–Kier alpha value is -0.570. The van der Waals surface area contributed by atoms with Crippen molar-refractivity contribution in [2.45, 2.75) is 32.2 Å². The fourth-order valence-corrected chi connectivity index (χ4v) is 2.70. The maximum atomic E-state index is 5.97. The van der Waals surface area contributed by atoms with Gasteiger partial charge < -0.3 is 10.1 Å². The van der Waals surface area contributed by atoms with E-state index in [1.807, 2.05) is 12.1 Å². The van der Waals surface area contributed by atoms with Gasteiger partial charge in [0.1, 0.15) is 0 Å². The Morgan fingerprint density at radius 1 is 1.28 bits per heavy atom. The van der Waals surface area contributed by atoms with Gasteiger partial charge in [0.15, 0.2) is 0 Å². The van der Waals surface area contributed by atoms with E-state index in [9.17, 15) is 0 Å². The first-order valence-electron chi connectivity index (χ1n) is 6.88. The summed E-state index contributed by atoms with van der Waals surface area (Å²) in [4.78, 5) is 0. The lowest BCUT2D eigenvalue weighted by atomic mass is 9.87. The number of nitrogens with one attached hydrogen (secondary N) is 1. The maximum absolute atomic E-state index is 5.97. The highest BCUT2D eigenvalue weighted by atomic mass is 35.5. The summed E-state index contributed by atoms with van der Waals surface area (Å²) >= 11 is 5.97. The maximum Gasteiger partial charge on any atom is 0.0469 e. The Morgan fingerprint density at radius 2 is 1.94 bits per heavy atom. The van der Waals surface area contributed by atoms with E-state index < -0.39 is 0 Å². The summed E-state index contributed by atoms with van der Waals surface area (Å²) in [7, 11) is 0. The van der Waals surface area contributed by atoms with Crippen molar-refractivity contribution in [2.75, 3.05) is 19.8 Å². The molecule has 1 N–H and O–H groups in total. The summed E-state index contributed by atoms with van der Waals surface area (Å²) in [5, 5.41) is 4.48. The molecule has 1 saturated heterocycles. The monoisotopic (exact) mass is 267 g/mol.